The Hall–Kier alpha value is 0.220. The second-order valence-corrected chi connectivity index (χ2v) is 6.76. The average Bonchev–Trinajstić information content (AvgIpc) is 2.52. The Balaban J connectivity index is -0.000000364. The molecule has 27 heavy (non-hydrogen) atoms. The Labute approximate surface area is 186 Å². The van der Waals surface area contributed by atoms with Crippen molar-refractivity contribution in [3.05, 3.63) is 0 Å². The third-order valence-electron chi connectivity index (χ3n) is 3.41. The van der Waals surface area contributed by atoms with E-state index in [-0.39, 0.29) is 63.3 Å². The molecule has 0 aliphatic carbocycles. The van der Waals surface area contributed by atoms with E-state index in [0.29, 0.717) is 6.42 Å². The molecule has 11 heteroatoms. The molecule has 0 radical (unpaired) electrons. The molecule has 0 fully saturated rings. The van der Waals surface area contributed by atoms with Crippen molar-refractivity contribution in [3.8, 4) is 0 Å². The van der Waals surface area contributed by atoms with Crippen LogP contribution in [-0.2, 0) is 20.0 Å². The summed E-state index contributed by atoms with van der Waals surface area (Å²) in [6, 6.07) is 0. The van der Waals surface area contributed by atoms with Gasteiger partial charge in [-0.25, -0.2) is 0 Å². The minimum Gasteiger partial charge on any atom is -1.00 e. The van der Waals surface area contributed by atoms with Crippen molar-refractivity contribution in [2.45, 2.75) is 71.1 Å². The largest absolute Gasteiger partial charge is 1.00 e. The van der Waals surface area contributed by atoms with Crippen molar-refractivity contribution in [1.82, 2.24) is 5.06 Å². The minimum absolute atomic E-state index is 0. The molecule has 160 valence electrons. The van der Waals surface area contributed by atoms with Crippen LogP contribution in [-0.4, -0.2) is 65.1 Å². The van der Waals surface area contributed by atoms with Crippen LogP contribution in [0.3, 0.4) is 0 Å². The van der Waals surface area contributed by atoms with Crippen LogP contribution < -0.4 is 29.6 Å². The van der Waals surface area contributed by atoms with Crippen LogP contribution in [0.25, 0.3) is 0 Å². The molecule has 0 spiro atoms. The van der Waals surface area contributed by atoms with Gasteiger partial charge in [0.05, 0.1) is 26.3 Å². The number of unbranched alkanes of at least 4 members (excludes halogenated alkanes) is 8. The molecule has 0 aromatic rings. The number of aliphatic hydroxyl groups is 2. The zero-order valence-electron chi connectivity index (χ0n) is 17.7. The number of rotatable bonds is 15. The Morgan fingerprint density at radius 3 is 1.63 bits per heavy atom. The number of nitrogens with zero attached hydrogens (tertiary/aromatic N) is 1. The summed E-state index contributed by atoms with van der Waals surface area (Å²) in [4.78, 5) is 16.7. The maximum Gasteiger partial charge on any atom is 1.00 e. The molecule has 0 aromatic heterocycles. The molecule has 0 aliphatic heterocycles. The van der Waals surface area contributed by atoms with Gasteiger partial charge in [0.15, 0.2) is 0 Å². The Kier molecular flexibility index (Phi) is 26.6. The van der Waals surface area contributed by atoms with Crippen molar-refractivity contribution in [2.75, 3.05) is 26.3 Å². The molecular weight excluding hydrogens is 389 g/mol. The van der Waals surface area contributed by atoms with Crippen LogP contribution in [0.5, 0.6) is 0 Å². The quantitative estimate of drug-likeness (QED) is 0.114. The smallest absolute Gasteiger partial charge is 1.00 e. The zero-order chi connectivity index (χ0) is 20.3. The summed E-state index contributed by atoms with van der Waals surface area (Å²) < 4.78 is 31.6. The predicted molar refractivity (Wildman–Crippen MR) is 99.0 cm³/mol. The Bertz CT molecular complexity index is 415. The number of carbonyl (C=O) groups is 1. The number of carbonyl (C=O) groups excluding carboxylic acids is 1. The van der Waals surface area contributed by atoms with E-state index < -0.39 is 10.4 Å². The van der Waals surface area contributed by atoms with Crippen molar-refractivity contribution in [1.29, 1.82) is 0 Å². The van der Waals surface area contributed by atoms with Crippen molar-refractivity contribution in [2.24, 2.45) is 0 Å². The first-order valence-electron chi connectivity index (χ1n) is 9.11. The Morgan fingerprint density at radius 1 is 0.889 bits per heavy atom. The van der Waals surface area contributed by atoms with Crippen molar-refractivity contribution in [3.63, 3.8) is 0 Å². The summed E-state index contributed by atoms with van der Waals surface area (Å²) in [6.07, 6.45) is 11.3. The molecule has 0 saturated heterocycles. The van der Waals surface area contributed by atoms with E-state index in [0.717, 1.165) is 12.8 Å². The van der Waals surface area contributed by atoms with Gasteiger partial charge in [-0.05, 0) is 6.42 Å². The summed E-state index contributed by atoms with van der Waals surface area (Å²) >= 11 is 0. The van der Waals surface area contributed by atoms with Gasteiger partial charge in [0.2, 0.25) is 0 Å². The molecule has 0 rings (SSSR count). The first-order chi connectivity index (χ1) is 12.2. The first-order valence-corrected chi connectivity index (χ1v) is 10.5. The predicted octanol–water partition coefficient (Wildman–Crippen LogP) is -0.884. The Morgan fingerprint density at radius 2 is 1.26 bits per heavy atom. The number of aliphatic hydroxyl groups excluding tert-OH is 2. The fourth-order valence-corrected chi connectivity index (χ4v) is 2.20. The fourth-order valence-electron chi connectivity index (χ4n) is 2.20. The maximum absolute atomic E-state index is 11.6. The summed E-state index contributed by atoms with van der Waals surface area (Å²) in [5.41, 5.74) is 0. The van der Waals surface area contributed by atoms with E-state index in [1.807, 2.05) is 0 Å². The van der Waals surface area contributed by atoms with E-state index >= 15 is 0 Å². The van der Waals surface area contributed by atoms with Gasteiger partial charge in [0.1, 0.15) is 0 Å². The number of hydrogen-bond donors (Lipinski definition) is 4. The summed E-state index contributed by atoms with van der Waals surface area (Å²) in [6.45, 7) is 2.52. The third-order valence-corrected chi connectivity index (χ3v) is 3.41. The van der Waals surface area contributed by atoms with Crippen LogP contribution in [0.4, 0.5) is 0 Å². The van der Waals surface area contributed by atoms with Crippen LogP contribution in [0, 0.1) is 0 Å². The first kappa shape index (κ1) is 31.9. The molecular formula is C16H36NNaO8S. The molecule has 0 amide bonds. The second-order valence-electron chi connectivity index (χ2n) is 5.87. The van der Waals surface area contributed by atoms with Gasteiger partial charge in [-0.15, -0.1) is 5.06 Å². The molecule has 0 aromatic carbocycles. The number of hydrogen-bond acceptors (Lipinski definition) is 7. The van der Waals surface area contributed by atoms with Gasteiger partial charge in [-0.1, -0.05) is 58.3 Å². The van der Waals surface area contributed by atoms with E-state index in [4.69, 9.17) is 32.6 Å². The van der Waals surface area contributed by atoms with E-state index in [1.54, 1.807) is 0 Å². The molecule has 0 heterocycles. The summed E-state index contributed by atoms with van der Waals surface area (Å²) in [5.74, 6) is -0.278. The monoisotopic (exact) mass is 425 g/mol. The third kappa shape index (κ3) is 34.2. The summed E-state index contributed by atoms with van der Waals surface area (Å²) in [5, 5.41) is 18.9. The normalized spacial score (nSPS) is 10.7. The van der Waals surface area contributed by atoms with E-state index in [1.165, 1.54) is 50.0 Å². The van der Waals surface area contributed by atoms with Crippen LogP contribution in [0.15, 0.2) is 0 Å². The van der Waals surface area contributed by atoms with Crippen LogP contribution in [0.1, 0.15) is 72.6 Å². The molecule has 0 aliphatic rings. The van der Waals surface area contributed by atoms with Gasteiger partial charge in [-0.2, -0.15) is 8.42 Å². The van der Waals surface area contributed by atoms with Gasteiger partial charge in [-0.3, -0.25) is 13.9 Å². The minimum atomic E-state index is -4.67. The van der Waals surface area contributed by atoms with Crippen LogP contribution in [0.2, 0.25) is 0 Å². The molecule has 0 bridgehead atoms. The molecule has 0 saturated carbocycles. The molecule has 0 unspecified atom stereocenters. The second kappa shape index (κ2) is 22.5. The molecule has 0 atom stereocenters. The van der Waals surface area contributed by atoms with E-state index in [9.17, 15) is 4.79 Å². The zero-order valence-corrected chi connectivity index (χ0v) is 19.5. The molecule has 9 nitrogen and oxygen atoms in total. The maximum atomic E-state index is 11.6. The van der Waals surface area contributed by atoms with Crippen molar-refractivity contribution >= 4 is 16.4 Å². The van der Waals surface area contributed by atoms with Gasteiger partial charge in [0.25, 0.3) is 0 Å². The van der Waals surface area contributed by atoms with Crippen LogP contribution >= 0.6 is 0 Å². The summed E-state index contributed by atoms with van der Waals surface area (Å²) in [7, 11) is -4.67. The van der Waals surface area contributed by atoms with Gasteiger partial charge < -0.3 is 16.5 Å². The standard InChI is InChI=1S/C16H33NO4.Na.H2O4S.H/c1-2-3-4-5-6-7-8-9-10-11-16(20)21-17(12-14-18)13-15-19;;1-5(2,3)4;/h18-19H,2-15H2,1H3;;(H2,1,2,3,4);/q;+1;;-1. The van der Waals surface area contributed by atoms with Crippen molar-refractivity contribution < 1.29 is 68.4 Å². The number of hydroxylamine groups is 2. The topological polar surface area (TPSA) is 145 Å². The van der Waals surface area contributed by atoms with E-state index in [2.05, 4.69) is 6.92 Å². The SMILES string of the molecule is CCCCCCCCCCCC(=O)ON(CCO)CCO.O=S(=O)(O)O.[H-].[Na+]. The van der Waals surface area contributed by atoms with Gasteiger partial charge in [0, 0.05) is 6.42 Å². The molecule has 4 N–H and O–H groups in total. The average molecular weight is 426 g/mol. The fraction of sp³-hybridized carbons (Fsp3) is 0.938. The van der Waals surface area contributed by atoms with Gasteiger partial charge >= 0.3 is 45.9 Å².